The molecule has 0 unspecified atom stereocenters. The number of benzene rings is 2. The summed E-state index contributed by atoms with van der Waals surface area (Å²) in [6, 6.07) is 9.27. The number of aliphatic hydroxyl groups is 1. The van der Waals surface area contributed by atoms with E-state index in [1.807, 2.05) is 0 Å². The second-order valence-electron chi connectivity index (χ2n) is 4.18. The third-order valence-corrected chi connectivity index (χ3v) is 3.95. The minimum Gasteiger partial charge on any atom is -0.399 e. The van der Waals surface area contributed by atoms with E-state index in [0.29, 0.717) is 11.3 Å². The van der Waals surface area contributed by atoms with Gasteiger partial charge in [-0.3, -0.25) is 4.72 Å². The fourth-order valence-corrected chi connectivity index (χ4v) is 2.76. The van der Waals surface area contributed by atoms with Gasteiger partial charge >= 0.3 is 0 Å². The normalized spacial score (nSPS) is 11.3. The molecule has 20 heavy (non-hydrogen) atoms. The first-order valence-electron chi connectivity index (χ1n) is 5.69. The average molecular weight is 296 g/mol. The highest BCUT2D eigenvalue weighted by molar-refractivity contribution is 7.92. The van der Waals surface area contributed by atoms with Gasteiger partial charge in [-0.15, -0.1) is 0 Å². The van der Waals surface area contributed by atoms with Gasteiger partial charge in [-0.2, -0.15) is 0 Å². The fraction of sp³-hybridized carbons (Fsp3) is 0.0769. The van der Waals surface area contributed by atoms with Gasteiger partial charge in [0.05, 0.1) is 11.5 Å². The molecule has 0 aliphatic heterocycles. The molecule has 0 saturated carbocycles. The quantitative estimate of drug-likeness (QED) is 0.749. The van der Waals surface area contributed by atoms with Crippen LogP contribution in [0.2, 0.25) is 0 Å². The van der Waals surface area contributed by atoms with Crippen LogP contribution in [0.5, 0.6) is 0 Å². The van der Waals surface area contributed by atoms with E-state index in [0.717, 1.165) is 12.1 Å². The summed E-state index contributed by atoms with van der Waals surface area (Å²) < 4.78 is 39.7. The lowest BCUT2D eigenvalue weighted by atomic mass is 10.2. The second kappa shape index (κ2) is 5.48. The van der Waals surface area contributed by atoms with Crippen LogP contribution in [0.1, 0.15) is 5.56 Å². The lowest BCUT2D eigenvalue weighted by molar-refractivity contribution is 0.282. The third kappa shape index (κ3) is 3.25. The van der Waals surface area contributed by atoms with Crippen LogP contribution in [-0.4, -0.2) is 13.5 Å². The van der Waals surface area contributed by atoms with Gasteiger partial charge in [0, 0.05) is 11.4 Å². The monoisotopic (exact) mass is 296 g/mol. The van der Waals surface area contributed by atoms with Gasteiger partial charge in [-0.05, 0) is 35.9 Å². The molecule has 0 aliphatic rings. The van der Waals surface area contributed by atoms with Crippen LogP contribution in [-0.2, 0) is 16.6 Å². The number of nitrogen functional groups attached to an aromatic ring is 1. The Labute approximate surface area is 115 Å². The van der Waals surface area contributed by atoms with Crippen molar-refractivity contribution in [3.05, 3.63) is 53.8 Å². The number of rotatable bonds is 4. The molecule has 0 saturated heterocycles. The average Bonchev–Trinajstić information content (AvgIpc) is 2.38. The smallest absolute Gasteiger partial charge is 0.262 e. The Balaban J connectivity index is 2.30. The molecule has 0 amide bonds. The van der Waals surface area contributed by atoms with Crippen molar-refractivity contribution in [3.63, 3.8) is 0 Å². The Morgan fingerprint density at radius 1 is 1.15 bits per heavy atom. The van der Waals surface area contributed by atoms with Gasteiger partial charge in [0.25, 0.3) is 10.0 Å². The minimum absolute atomic E-state index is 0.0287. The van der Waals surface area contributed by atoms with Gasteiger partial charge in [-0.1, -0.05) is 12.1 Å². The molecule has 106 valence electrons. The van der Waals surface area contributed by atoms with Crippen molar-refractivity contribution >= 4 is 21.4 Å². The maximum absolute atomic E-state index is 13.2. The number of nitrogens with two attached hydrogens (primary N) is 1. The van der Waals surface area contributed by atoms with E-state index < -0.39 is 15.8 Å². The van der Waals surface area contributed by atoms with E-state index in [4.69, 9.17) is 10.8 Å². The molecule has 0 aromatic heterocycles. The molecule has 7 heteroatoms. The highest BCUT2D eigenvalue weighted by Crippen LogP contribution is 2.20. The molecule has 0 heterocycles. The highest BCUT2D eigenvalue weighted by Gasteiger charge is 2.15. The number of hydrogen-bond acceptors (Lipinski definition) is 4. The predicted octanol–water partition coefficient (Wildman–Crippen LogP) is 1.70. The molecule has 4 N–H and O–H groups in total. The van der Waals surface area contributed by atoms with Crippen LogP contribution in [0.25, 0.3) is 0 Å². The molecule has 2 aromatic rings. The predicted molar refractivity (Wildman–Crippen MR) is 74.0 cm³/mol. The van der Waals surface area contributed by atoms with Crippen LogP contribution >= 0.6 is 0 Å². The lowest BCUT2D eigenvalue weighted by Gasteiger charge is -2.09. The molecule has 0 bridgehead atoms. The van der Waals surface area contributed by atoms with Gasteiger partial charge < -0.3 is 10.8 Å². The molecular weight excluding hydrogens is 283 g/mol. The van der Waals surface area contributed by atoms with Crippen LogP contribution in [0.15, 0.2) is 47.4 Å². The Bertz CT molecular complexity index is 695. The Hall–Kier alpha value is -2.12. The van der Waals surface area contributed by atoms with E-state index in [1.165, 1.54) is 18.2 Å². The first kappa shape index (κ1) is 14.3. The summed E-state index contributed by atoms with van der Waals surface area (Å²) in [4.78, 5) is -0.249. The second-order valence-corrected chi connectivity index (χ2v) is 5.86. The largest absolute Gasteiger partial charge is 0.399 e. The van der Waals surface area contributed by atoms with Crippen molar-refractivity contribution in [2.75, 3.05) is 10.5 Å². The topological polar surface area (TPSA) is 92.4 Å². The zero-order chi connectivity index (χ0) is 14.8. The molecule has 0 aliphatic carbocycles. The number of halogens is 1. The molecule has 0 atom stereocenters. The first-order valence-corrected chi connectivity index (χ1v) is 7.18. The van der Waals surface area contributed by atoms with Crippen molar-refractivity contribution in [1.29, 1.82) is 0 Å². The Morgan fingerprint density at radius 2 is 1.80 bits per heavy atom. The number of nitrogens with one attached hydrogen (secondary N) is 1. The molecule has 0 spiro atoms. The number of hydrogen-bond donors (Lipinski definition) is 3. The summed E-state index contributed by atoms with van der Waals surface area (Å²) >= 11 is 0. The molecule has 0 fully saturated rings. The molecular formula is C13H13FN2O3S. The summed E-state index contributed by atoms with van der Waals surface area (Å²) in [5.41, 5.74) is 6.42. The summed E-state index contributed by atoms with van der Waals surface area (Å²) in [6.07, 6.45) is 0. The number of aliphatic hydroxyl groups excluding tert-OH is 1. The minimum atomic E-state index is -3.91. The van der Waals surface area contributed by atoms with Gasteiger partial charge in [-0.25, -0.2) is 12.8 Å². The number of anilines is 2. The number of sulfonamides is 1. The van der Waals surface area contributed by atoms with Gasteiger partial charge in [0.2, 0.25) is 0 Å². The maximum atomic E-state index is 13.2. The van der Waals surface area contributed by atoms with Crippen LogP contribution < -0.4 is 10.5 Å². The SMILES string of the molecule is Nc1cc(F)cc(S(=O)(=O)Nc2ccc(CO)cc2)c1. The Morgan fingerprint density at radius 3 is 2.35 bits per heavy atom. The van der Waals surface area contributed by atoms with E-state index in [2.05, 4.69) is 4.72 Å². The lowest BCUT2D eigenvalue weighted by Crippen LogP contribution is -2.13. The summed E-state index contributed by atoms with van der Waals surface area (Å²) in [6.45, 7) is -0.131. The highest BCUT2D eigenvalue weighted by atomic mass is 32.2. The third-order valence-electron chi connectivity index (χ3n) is 2.59. The molecule has 5 nitrogen and oxygen atoms in total. The van der Waals surface area contributed by atoms with Crippen molar-refractivity contribution in [1.82, 2.24) is 0 Å². The molecule has 2 rings (SSSR count). The Kier molecular flexibility index (Phi) is 3.91. The van der Waals surface area contributed by atoms with Crippen molar-refractivity contribution < 1.29 is 17.9 Å². The maximum Gasteiger partial charge on any atom is 0.262 e. The molecule has 2 aromatic carbocycles. The summed E-state index contributed by atoms with van der Waals surface area (Å²) in [5.74, 6) is -0.721. The van der Waals surface area contributed by atoms with Gasteiger partial charge in [0.1, 0.15) is 5.82 Å². The van der Waals surface area contributed by atoms with Crippen molar-refractivity contribution in [3.8, 4) is 0 Å². The van der Waals surface area contributed by atoms with Crippen LogP contribution in [0.4, 0.5) is 15.8 Å². The van der Waals surface area contributed by atoms with Crippen LogP contribution in [0, 0.1) is 5.82 Å². The fourth-order valence-electron chi connectivity index (χ4n) is 1.63. The molecule has 0 radical (unpaired) electrons. The first-order chi connectivity index (χ1) is 9.40. The van der Waals surface area contributed by atoms with E-state index in [9.17, 15) is 12.8 Å². The summed E-state index contributed by atoms with van der Waals surface area (Å²) in [7, 11) is -3.91. The zero-order valence-corrected chi connectivity index (χ0v) is 11.2. The zero-order valence-electron chi connectivity index (χ0n) is 10.4. The van der Waals surface area contributed by atoms with E-state index in [1.54, 1.807) is 12.1 Å². The van der Waals surface area contributed by atoms with E-state index >= 15 is 0 Å². The van der Waals surface area contributed by atoms with Crippen molar-refractivity contribution in [2.24, 2.45) is 0 Å². The van der Waals surface area contributed by atoms with Crippen LogP contribution in [0.3, 0.4) is 0 Å². The van der Waals surface area contributed by atoms with Crippen molar-refractivity contribution in [2.45, 2.75) is 11.5 Å². The van der Waals surface area contributed by atoms with E-state index in [-0.39, 0.29) is 17.2 Å². The van der Waals surface area contributed by atoms with Gasteiger partial charge in [0.15, 0.2) is 0 Å². The standard InChI is InChI=1S/C13H13FN2O3S/c14-10-5-11(15)7-13(6-10)20(18,19)16-12-3-1-9(8-17)2-4-12/h1-7,16-17H,8,15H2. The summed E-state index contributed by atoms with van der Waals surface area (Å²) in [5, 5.41) is 8.91.